The van der Waals surface area contributed by atoms with E-state index >= 15 is 0 Å². The molecule has 0 saturated heterocycles. The molecular weight excluding hydrogens is 272 g/mol. The lowest BCUT2D eigenvalue weighted by atomic mass is 10.2. The first-order valence-corrected chi connectivity index (χ1v) is 7.24. The van der Waals surface area contributed by atoms with Crippen LogP contribution in [0.2, 0.25) is 0 Å². The van der Waals surface area contributed by atoms with Crippen LogP contribution in [0, 0.1) is 0 Å². The fourth-order valence-electron chi connectivity index (χ4n) is 2.29. The van der Waals surface area contributed by atoms with E-state index in [2.05, 4.69) is 19.9 Å². The van der Waals surface area contributed by atoms with Crippen LogP contribution in [0.15, 0.2) is 73.2 Å². The minimum Gasteiger partial charge on any atom is -0.286 e. The van der Waals surface area contributed by atoms with Crippen LogP contribution in [0.25, 0.3) is 0 Å². The van der Waals surface area contributed by atoms with Crippen LogP contribution >= 0.6 is 0 Å². The summed E-state index contributed by atoms with van der Waals surface area (Å²) in [7, 11) is 0. The Bertz CT molecular complexity index is 693. The summed E-state index contributed by atoms with van der Waals surface area (Å²) in [4.78, 5) is 15.3. The molecule has 110 valence electrons. The minimum absolute atomic E-state index is 0.290. The van der Waals surface area contributed by atoms with Gasteiger partial charge in [0.25, 0.3) is 0 Å². The number of nitrogens with zero attached hydrogens (tertiary/aromatic N) is 4. The molecule has 3 rings (SSSR count). The van der Waals surface area contributed by atoms with Gasteiger partial charge < -0.3 is 0 Å². The lowest BCUT2D eigenvalue weighted by Gasteiger charge is -2.21. The average molecular weight is 291 g/mol. The van der Waals surface area contributed by atoms with Crippen LogP contribution in [0.5, 0.6) is 0 Å². The molecule has 0 amide bonds. The molecule has 0 atom stereocenters. The van der Waals surface area contributed by atoms with Gasteiger partial charge in [0.15, 0.2) is 0 Å². The Morgan fingerprint density at radius 2 is 1.18 bits per heavy atom. The molecule has 0 N–H and O–H groups in total. The summed E-state index contributed by atoms with van der Waals surface area (Å²) < 4.78 is 7.67. The second-order valence-electron chi connectivity index (χ2n) is 5.05. The molecule has 0 radical (unpaired) electrons. The van der Waals surface area contributed by atoms with Crippen LogP contribution < -0.4 is 0 Å². The largest absolute Gasteiger partial charge is 0.286 e. The van der Waals surface area contributed by atoms with Crippen LogP contribution in [0.3, 0.4) is 0 Å². The van der Waals surface area contributed by atoms with Gasteiger partial charge in [-0.1, -0.05) is 18.2 Å². The third-order valence-electron chi connectivity index (χ3n) is 3.28. The van der Waals surface area contributed by atoms with Gasteiger partial charge >= 0.3 is 0 Å². The summed E-state index contributed by atoms with van der Waals surface area (Å²) in [5, 5.41) is 0. The predicted octanol–water partition coefficient (Wildman–Crippen LogP) is 3.07. The monoisotopic (exact) mass is 291 g/mol. The van der Waals surface area contributed by atoms with Crippen molar-refractivity contribution in [2.24, 2.45) is 0 Å². The summed E-state index contributed by atoms with van der Waals surface area (Å²) in [6.45, 7) is 2.07. The van der Waals surface area contributed by atoms with Gasteiger partial charge in [0.1, 0.15) is 0 Å². The van der Waals surface area contributed by atoms with E-state index in [9.17, 15) is 0 Å². The summed E-state index contributed by atoms with van der Waals surface area (Å²) in [6.07, 6.45) is 3.89. The van der Waals surface area contributed by atoms with Crippen molar-refractivity contribution in [2.75, 3.05) is 0 Å². The van der Waals surface area contributed by atoms with Gasteiger partial charge in [0, 0.05) is 38.2 Å². The SMILES string of the molecule is [2H]c1cccc(CN(Cc2ccccn2)Cc2ccccn2)n1. The van der Waals surface area contributed by atoms with Gasteiger partial charge in [0.2, 0.25) is 0 Å². The Balaban J connectivity index is 1.77. The molecule has 0 fully saturated rings. The lowest BCUT2D eigenvalue weighted by Crippen LogP contribution is -2.23. The molecule has 0 aliphatic carbocycles. The van der Waals surface area contributed by atoms with E-state index in [-0.39, 0.29) is 6.17 Å². The Morgan fingerprint density at radius 1 is 0.682 bits per heavy atom. The number of hydrogen-bond donors (Lipinski definition) is 0. The van der Waals surface area contributed by atoms with E-state index in [4.69, 9.17) is 1.37 Å². The highest BCUT2D eigenvalue weighted by Crippen LogP contribution is 2.10. The fraction of sp³-hybridized carbons (Fsp3) is 0.167. The van der Waals surface area contributed by atoms with Crippen molar-refractivity contribution in [3.8, 4) is 0 Å². The molecule has 3 heterocycles. The van der Waals surface area contributed by atoms with Crippen LogP contribution in [-0.4, -0.2) is 19.9 Å². The molecule has 0 saturated carbocycles. The van der Waals surface area contributed by atoms with Gasteiger partial charge in [-0.3, -0.25) is 19.9 Å². The molecule has 0 aliphatic heterocycles. The zero-order valence-corrected chi connectivity index (χ0v) is 12.3. The molecule has 3 aromatic rings. The molecule has 0 bridgehead atoms. The van der Waals surface area contributed by atoms with Crippen molar-refractivity contribution < 1.29 is 1.37 Å². The van der Waals surface area contributed by atoms with E-state index < -0.39 is 0 Å². The second kappa shape index (κ2) is 7.43. The van der Waals surface area contributed by atoms with Crippen molar-refractivity contribution in [2.45, 2.75) is 19.6 Å². The van der Waals surface area contributed by atoms with Gasteiger partial charge in [-0.2, -0.15) is 0 Å². The summed E-state index contributed by atoms with van der Waals surface area (Å²) in [5.74, 6) is 0. The Morgan fingerprint density at radius 3 is 1.68 bits per heavy atom. The Hall–Kier alpha value is -2.59. The van der Waals surface area contributed by atoms with Crippen molar-refractivity contribution in [3.63, 3.8) is 0 Å². The van der Waals surface area contributed by atoms with Gasteiger partial charge in [-0.25, -0.2) is 0 Å². The number of hydrogen-bond acceptors (Lipinski definition) is 4. The Kier molecular flexibility index (Phi) is 4.42. The number of pyridine rings is 3. The van der Waals surface area contributed by atoms with Gasteiger partial charge in [-0.15, -0.1) is 0 Å². The van der Waals surface area contributed by atoms with Crippen molar-refractivity contribution in [3.05, 3.63) is 90.2 Å². The lowest BCUT2D eigenvalue weighted by molar-refractivity contribution is 0.239. The highest BCUT2D eigenvalue weighted by atomic mass is 15.1. The summed E-state index contributed by atoms with van der Waals surface area (Å²) in [5.41, 5.74) is 2.89. The van der Waals surface area contributed by atoms with E-state index in [1.54, 1.807) is 18.5 Å². The molecule has 3 aromatic heterocycles. The molecule has 0 aliphatic rings. The topological polar surface area (TPSA) is 41.9 Å². The first kappa shape index (κ1) is 13.1. The molecule has 0 spiro atoms. The zero-order chi connectivity index (χ0) is 15.9. The molecular formula is C18H18N4. The smallest absolute Gasteiger partial charge is 0.0840 e. The first-order valence-electron chi connectivity index (χ1n) is 7.74. The highest BCUT2D eigenvalue weighted by Gasteiger charge is 2.10. The van der Waals surface area contributed by atoms with Crippen molar-refractivity contribution in [1.82, 2.24) is 19.9 Å². The molecule has 22 heavy (non-hydrogen) atoms. The zero-order valence-electron chi connectivity index (χ0n) is 13.3. The van der Waals surface area contributed by atoms with Crippen LogP contribution in [-0.2, 0) is 19.6 Å². The number of aromatic nitrogens is 3. The Labute approximate surface area is 131 Å². The van der Waals surface area contributed by atoms with Crippen LogP contribution in [0.4, 0.5) is 0 Å². The van der Waals surface area contributed by atoms with Gasteiger partial charge in [0.05, 0.1) is 18.5 Å². The summed E-state index contributed by atoms with van der Waals surface area (Å²) >= 11 is 0. The third-order valence-corrected chi connectivity index (χ3v) is 3.28. The van der Waals surface area contributed by atoms with Crippen LogP contribution in [0.1, 0.15) is 18.5 Å². The second-order valence-corrected chi connectivity index (χ2v) is 5.05. The fourth-order valence-corrected chi connectivity index (χ4v) is 2.29. The maximum atomic E-state index is 7.67. The maximum Gasteiger partial charge on any atom is 0.0840 e. The molecule has 0 unspecified atom stereocenters. The summed E-state index contributed by atoms with van der Waals surface area (Å²) in [6, 6.07) is 17.3. The molecule has 4 nitrogen and oxygen atoms in total. The van der Waals surface area contributed by atoms with Crippen molar-refractivity contribution in [1.29, 1.82) is 0 Å². The third kappa shape index (κ3) is 4.20. The molecule has 4 heteroatoms. The maximum absolute atomic E-state index is 7.67. The quantitative estimate of drug-likeness (QED) is 0.700. The van der Waals surface area contributed by atoms with E-state index in [1.807, 2.05) is 48.5 Å². The number of rotatable bonds is 6. The van der Waals surface area contributed by atoms with E-state index in [0.29, 0.717) is 19.6 Å². The highest BCUT2D eigenvalue weighted by molar-refractivity contribution is 5.08. The van der Waals surface area contributed by atoms with E-state index in [0.717, 1.165) is 17.1 Å². The first-order chi connectivity index (χ1) is 11.3. The molecule has 0 aromatic carbocycles. The van der Waals surface area contributed by atoms with Gasteiger partial charge in [-0.05, 0) is 36.4 Å². The normalized spacial score (nSPS) is 11.4. The average Bonchev–Trinajstić information content (AvgIpc) is 2.57. The van der Waals surface area contributed by atoms with E-state index in [1.165, 1.54) is 0 Å². The standard InChI is InChI=1S/C18H18N4/c1-4-10-19-16(7-1)13-22(14-17-8-2-5-11-20-17)15-18-9-3-6-12-21-18/h1-12H,13-15H2/i10D. The predicted molar refractivity (Wildman–Crippen MR) is 85.7 cm³/mol. The van der Waals surface area contributed by atoms with Crippen molar-refractivity contribution >= 4 is 0 Å². The minimum atomic E-state index is 0.290.